The van der Waals surface area contributed by atoms with Crippen molar-refractivity contribution in [3.8, 4) is 11.5 Å². The van der Waals surface area contributed by atoms with Gasteiger partial charge in [0, 0.05) is 12.3 Å². The summed E-state index contributed by atoms with van der Waals surface area (Å²) in [5, 5.41) is 14.1. The number of ether oxygens (including phenoxy) is 1. The lowest BCUT2D eigenvalue weighted by Gasteiger charge is -2.11. The minimum absolute atomic E-state index is 0.0152. The number of anilines is 2. The third-order valence-corrected chi connectivity index (χ3v) is 7.03. The average Bonchev–Trinajstić information content (AvgIpc) is 3.27. The molecular formula is C26H23N5O2S2. The molecule has 0 unspecified atom stereocenters. The number of fused-ring (bicyclic) bond motifs is 1. The number of aliphatic hydroxyl groups excluding tert-OH is 1. The number of hydrogen-bond donors (Lipinski definition) is 3. The van der Waals surface area contributed by atoms with Crippen LogP contribution in [-0.4, -0.2) is 20.1 Å². The van der Waals surface area contributed by atoms with Gasteiger partial charge in [0.2, 0.25) is 0 Å². The minimum Gasteiger partial charge on any atom is -0.457 e. The maximum absolute atomic E-state index is 9.63. The molecule has 0 saturated carbocycles. The third kappa shape index (κ3) is 5.71. The van der Waals surface area contributed by atoms with Crippen molar-refractivity contribution in [2.45, 2.75) is 24.1 Å². The number of nitrogens with zero attached hydrogens (tertiary/aromatic N) is 3. The van der Waals surface area contributed by atoms with Gasteiger partial charge in [-0.25, -0.2) is 15.0 Å². The van der Waals surface area contributed by atoms with Crippen LogP contribution in [0.1, 0.15) is 16.7 Å². The van der Waals surface area contributed by atoms with Crippen LogP contribution < -0.4 is 15.8 Å². The number of aliphatic hydroxyl groups is 1. The fourth-order valence-electron chi connectivity index (χ4n) is 3.54. The van der Waals surface area contributed by atoms with Crippen molar-refractivity contribution in [1.29, 1.82) is 0 Å². The second-order valence-corrected chi connectivity index (χ2v) is 9.66. The zero-order valence-corrected chi connectivity index (χ0v) is 20.4. The van der Waals surface area contributed by atoms with Crippen molar-refractivity contribution in [3.63, 3.8) is 0 Å². The number of nitrogens with one attached hydrogen (secondary N) is 1. The molecule has 0 saturated heterocycles. The first-order chi connectivity index (χ1) is 17.2. The molecule has 0 bridgehead atoms. The molecule has 3 aromatic carbocycles. The van der Waals surface area contributed by atoms with Crippen LogP contribution in [0.5, 0.6) is 11.5 Å². The van der Waals surface area contributed by atoms with Crippen LogP contribution >= 0.6 is 23.1 Å². The largest absolute Gasteiger partial charge is 0.457 e. The van der Waals surface area contributed by atoms with E-state index in [1.165, 1.54) is 23.1 Å². The van der Waals surface area contributed by atoms with Crippen molar-refractivity contribution >= 4 is 44.4 Å². The first kappa shape index (κ1) is 23.1. The van der Waals surface area contributed by atoms with Gasteiger partial charge >= 0.3 is 0 Å². The van der Waals surface area contributed by atoms with Crippen LogP contribution in [0.15, 0.2) is 84.0 Å². The molecule has 0 aliphatic carbocycles. The lowest BCUT2D eigenvalue weighted by atomic mass is 10.1. The molecule has 0 fully saturated rings. The van der Waals surface area contributed by atoms with Crippen LogP contribution in [0.4, 0.5) is 10.9 Å². The zero-order chi connectivity index (χ0) is 24.0. The van der Waals surface area contributed by atoms with E-state index in [9.17, 15) is 5.11 Å². The van der Waals surface area contributed by atoms with E-state index in [0.29, 0.717) is 34.1 Å². The van der Waals surface area contributed by atoms with Gasteiger partial charge in [-0.15, -0.1) is 0 Å². The molecule has 0 amide bonds. The first-order valence-corrected chi connectivity index (χ1v) is 12.8. The molecule has 0 aliphatic heterocycles. The van der Waals surface area contributed by atoms with E-state index in [-0.39, 0.29) is 6.61 Å². The van der Waals surface area contributed by atoms with E-state index in [1.807, 2.05) is 72.8 Å². The van der Waals surface area contributed by atoms with Gasteiger partial charge in [0.25, 0.3) is 0 Å². The van der Waals surface area contributed by atoms with Crippen LogP contribution in [0.3, 0.4) is 0 Å². The van der Waals surface area contributed by atoms with Crippen molar-refractivity contribution in [3.05, 3.63) is 95.6 Å². The van der Waals surface area contributed by atoms with Gasteiger partial charge in [0.05, 0.1) is 6.61 Å². The minimum atomic E-state index is -0.0152. The monoisotopic (exact) mass is 501 g/mol. The lowest BCUT2D eigenvalue weighted by molar-refractivity contribution is 0.280. The maximum Gasteiger partial charge on any atom is 0.191 e. The summed E-state index contributed by atoms with van der Waals surface area (Å²) in [5.41, 5.74) is 9.51. The highest BCUT2D eigenvalue weighted by Crippen LogP contribution is 2.32. The SMILES string of the molecule is Nc1nc2nc(SCc3cccc(Oc4ccccc4)c3)nc(NCc3ccccc3CO)c2s1. The molecule has 176 valence electrons. The van der Waals surface area contributed by atoms with Crippen LogP contribution in [0.2, 0.25) is 0 Å². The first-order valence-electron chi connectivity index (χ1n) is 11.0. The summed E-state index contributed by atoms with van der Waals surface area (Å²) in [4.78, 5) is 13.7. The fraction of sp³-hybridized carbons (Fsp3) is 0.115. The lowest BCUT2D eigenvalue weighted by Crippen LogP contribution is -2.05. The number of para-hydroxylation sites is 1. The van der Waals surface area contributed by atoms with E-state index < -0.39 is 0 Å². The van der Waals surface area contributed by atoms with Gasteiger partial charge in [-0.3, -0.25) is 0 Å². The van der Waals surface area contributed by atoms with Crippen LogP contribution in [0.25, 0.3) is 10.3 Å². The molecule has 2 aromatic heterocycles. The number of thioether (sulfide) groups is 1. The normalized spacial score (nSPS) is 11.0. The number of aromatic nitrogens is 3. The summed E-state index contributed by atoms with van der Waals surface area (Å²) in [6.45, 7) is 0.502. The topological polar surface area (TPSA) is 106 Å². The van der Waals surface area contributed by atoms with Gasteiger partial charge in [0.1, 0.15) is 16.2 Å². The van der Waals surface area contributed by atoms with Crippen molar-refractivity contribution in [1.82, 2.24) is 15.0 Å². The van der Waals surface area contributed by atoms with Crippen molar-refractivity contribution < 1.29 is 9.84 Å². The highest BCUT2D eigenvalue weighted by atomic mass is 32.2. The van der Waals surface area contributed by atoms with Gasteiger partial charge in [-0.1, -0.05) is 77.7 Å². The Balaban J connectivity index is 1.33. The molecule has 0 spiro atoms. The van der Waals surface area contributed by atoms with E-state index in [0.717, 1.165) is 32.9 Å². The van der Waals surface area contributed by atoms with Gasteiger partial charge in [0.15, 0.2) is 21.8 Å². The summed E-state index contributed by atoms with van der Waals surface area (Å²) < 4.78 is 6.76. The second-order valence-electron chi connectivity index (χ2n) is 7.69. The highest BCUT2D eigenvalue weighted by Gasteiger charge is 2.14. The molecule has 5 aromatic rings. The molecule has 9 heteroatoms. The number of thiazole rings is 1. The van der Waals surface area contributed by atoms with E-state index >= 15 is 0 Å². The van der Waals surface area contributed by atoms with E-state index in [4.69, 9.17) is 15.5 Å². The van der Waals surface area contributed by atoms with E-state index in [2.05, 4.69) is 21.4 Å². The molecule has 0 aliphatic rings. The Morgan fingerprint density at radius 1 is 0.886 bits per heavy atom. The summed E-state index contributed by atoms with van der Waals surface area (Å²) in [6, 6.07) is 25.5. The Bertz CT molecular complexity index is 1440. The Morgan fingerprint density at radius 2 is 1.66 bits per heavy atom. The Morgan fingerprint density at radius 3 is 2.49 bits per heavy atom. The highest BCUT2D eigenvalue weighted by molar-refractivity contribution is 7.98. The molecule has 5 rings (SSSR count). The summed E-state index contributed by atoms with van der Waals surface area (Å²) >= 11 is 2.88. The molecule has 0 radical (unpaired) electrons. The van der Waals surface area contributed by atoms with Gasteiger partial charge < -0.3 is 20.9 Å². The summed E-state index contributed by atoms with van der Waals surface area (Å²) in [6.07, 6.45) is 0. The molecule has 0 atom stereocenters. The average molecular weight is 502 g/mol. The standard InChI is InChI=1S/C26H23N5O2S2/c27-25-29-24-22(35-25)23(28-14-18-8-4-5-9-19(18)15-32)30-26(31-24)34-16-17-7-6-12-21(13-17)33-20-10-2-1-3-11-20/h1-13,32H,14-16H2,(H3,27,28,29,30,31). The third-order valence-electron chi connectivity index (χ3n) is 5.23. The van der Waals surface area contributed by atoms with Gasteiger partial charge in [-0.2, -0.15) is 0 Å². The summed E-state index contributed by atoms with van der Waals surface area (Å²) in [5.74, 6) is 2.93. The molecule has 7 nitrogen and oxygen atoms in total. The van der Waals surface area contributed by atoms with Gasteiger partial charge in [-0.05, 0) is 41.0 Å². The molecule has 35 heavy (non-hydrogen) atoms. The van der Waals surface area contributed by atoms with Crippen molar-refractivity contribution in [2.24, 2.45) is 0 Å². The Labute approximate surface area is 211 Å². The number of nitrogens with two attached hydrogens (primary N) is 1. The Kier molecular flexibility index (Phi) is 7.08. The number of nitrogen functional groups attached to an aromatic ring is 1. The van der Waals surface area contributed by atoms with Crippen LogP contribution in [-0.2, 0) is 18.9 Å². The number of rotatable bonds is 9. The smallest absolute Gasteiger partial charge is 0.191 e. The Hall–Kier alpha value is -3.66. The predicted octanol–water partition coefficient (Wildman–Crippen LogP) is 5.86. The molecular weight excluding hydrogens is 478 g/mol. The quantitative estimate of drug-likeness (QED) is 0.170. The van der Waals surface area contributed by atoms with E-state index in [1.54, 1.807) is 0 Å². The number of hydrogen-bond acceptors (Lipinski definition) is 9. The van der Waals surface area contributed by atoms with Crippen molar-refractivity contribution in [2.75, 3.05) is 11.1 Å². The zero-order valence-electron chi connectivity index (χ0n) is 18.7. The fourth-order valence-corrected chi connectivity index (χ4v) is 5.06. The molecule has 4 N–H and O–H groups in total. The number of benzene rings is 3. The summed E-state index contributed by atoms with van der Waals surface area (Å²) in [7, 11) is 0. The second kappa shape index (κ2) is 10.7. The maximum atomic E-state index is 9.63. The molecule has 2 heterocycles. The predicted molar refractivity (Wildman–Crippen MR) is 142 cm³/mol. The van der Waals surface area contributed by atoms with Crippen LogP contribution in [0, 0.1) is 0 Å².